The maximum absolute atomic E-state index is 13.6. The van der Waals surface area contributed by atoms with Gasteiger partial charge < -0.3 is 37.9 Å². The van der Waals surface area contributed by atoms with Crippen LogP contribution in [0.25, 0.3) is 22.3 Å². The van der Waals surface area contributed by atoms with Crippen LogP contribution in [0.1, 0.15) is 11.1 Å². The Labute approximate surface area is 235 Å². The molecule has 6 rings (SSSR count). The molecule has 0 unspecified atom stereocenters. The molecule has 0 bridgehead atoms. The van der Waals surface area contributed by atoms with Gasteiger partial charge in [0.05, 0.1) is 0 Å². The van der Waals surface area contributed by atoms with E-state index in [2.05, 4.69) is 0 Å². The molecule has 0 fully saturated rings. The first-order valence-corrected chi connectivity index (χ1v) is 12.7. The third kappa shape index (κ3) is 4.71. The monoisotopic (exact) mass is 554 g/mol. The van der Waals surface area contributed by atoms with Crippen LogP contribution >= 0.6 is 0 Å². The standard InChI is InChI=1S/C32H26O9/c1-35-18-37-23-16-24(33)28-27(17-23)39-30(31(29(28)34)38-19-36-2)20-13-14-25-26(15-20)41-32(40-25,21-9-5-3-6-10-21)22-11-7-4-8-12-22/h3-17,33H,18-19H2,1-2H3. The molecule has 0 atom stereocenters. The van der Waals surface area contributed by atoms with Crippen molar-refractivity contribution in [1.82, 2.24) is 0 Å². The molecule has 4 aromatic carbocycles. The number of fused-ring (bicyclic) bond motifs is 2. The summed E-state index contributed by atoms with van der Waals surface area (Å²) in [6.45, 7) is -0.265. The van der Waals surface area contributed by atoms with Crippen LogP contribution < -0.4 is 24.4 Å². The molecule has 0 spiro atoms. The van der Waals surface area contributed by atoms with Crippen molar-refractivity contribution in [3.8, 4) is 40.1 Å². The number of phenols is 1. The largest absolute Gasteiger partial charge is 0.507 e. The molecule has 0 amide bonds. The molecule has 0 saturated heterocycles. The molecule has 0 saturated carbocycles. The van der Waals surface area contributed by atoms with E-state index >= 15 is 0 Å². The van der Waals surface area contributed by atoms with Crippen molar-refractivity contribution < 1.29 is 37.9 Å². The molecule has 5 aromatic rings. The zero-order valence-electron chi connectivity index (χ0n) is 22.3. The van der Waals surface area contributed by atoms with Crippen LogP contribution in [-0.4, -0.2) is 32.9 Å². The first-order valence-electron chi connectivity index (χ1n) is 12.7. The fraction of sp³-hybridized carbons (Fsp3) is 0.156. The van der Waals surface area contributed by atoms with Crippen LogP contribution in [-0.2, 0) is 15.3 Å². The lowest BCUT2D eigenvalue weighted by Gasteiger charge is -2.28. The van der Waals surface area contributed by atoms with Crippen molar-refractivity contribution >= 4 is 11.0 Å². The van der Waals surface area contributed by atoms with Crippen molar-refractivity contribution in [3.05, 3.63) is 112 Å². The van der Waals surface area contributed by atoms with Gasteiger partial charge in [0.2, 0.25) is 11.2 Å². The highest BCUT2D eigenvalue weighted by molar-refractivity contribution is 5.88. The predicted molar refractivity (Wildman–Crippen MR) is 150 cm³/mol. The van der Waals surface area contributed by atoms with E-state index in [0.717, 1.165) is 11.1 Å². The molecule has 0 radical (unpaired) electrons. The fourth-order valence-electron chi connectivity index (χ4n) is 4.77. The molecule has 9 nitrogen and oxygen atoms in total. The lowest BCUT2D eigenvalue weighted by atomic mass is 9.97. The first-order chi connectivity index (χ1) is 20.0. The summed E-state index contributed by atoms with van der Waals surface area (Å²) >= 11 is 0. The lowest BCUT2D eigenvalue weighted by Crippen LogP contribution is -2.36. The number of ether oxygens (including phenoxy) is 6. The Bertz CT molecular complexity index is 1710. The molecule has 208 valence electrons. The quantitative estimate of drug-likeness (QED) is 0.226. The van der Waals surface area contributed by atoms with Crippen molar-refractivity contribution in [2.45, 2.75) is 5.79 Å². The van der Waals surface area contributed by atoms with E-state index in [1.165, 1.54) is 26.4 Å². The number of hydrogen-bond acceptors (Lipinski definition) is 9. The van der Waals surface area contributed by atoms with Crippen LogP contribution in [0.2, 0.25) is 0 Å². The zero-order valence-corrected chi connectivity index (χ0v) is 22.3. The van der Waals surface area contributed by atoms with Gasteiger partial charge in [-0.1, -0.05) is 60.7 Å². The summed E-state index contributed by atoms with van der Waals surface area (Å²) in [4.78, 5) is 13.6. The number of hydrogen-bond donors (Lipinski definition) is 1. The number of benzene rings is 4. The molecule has 1 N–H and O–H groups in total. The van der Waals surface area contributed by atoms with Gasteiger partial charge in [0, 0.05) is 43.0 Å². The van der Waals surface area contributed by atoms with E-state index in [-0.39, 0.29) is 47.6 Å². The minimum Gasteiger partial charge on any atom is -0.507 e. The third-order valence-electron chi connectivity index (χ3n) is 6.59. The summed E-state index contributed by atoms with van der Waals surface area (Å²) in [5, 5.41) is 10.6. The topological polar surface area (TPSA) is 106 Å². The minimum atomic E-state index is -1.22. The Hall–Kier alpha value is -4.99. The van der Waals surface area contributed by atoms with Gasteiger partial charge in [-0.05, 0) is 18.2 Å². The summed E-state index contributed by atoms with van der Waals surface area (Å²) in [5.74, 6) is -0.340. The highest BCUT2D eigenvalue weighted by Gasteiger charge is 2.45. The summed E-state index contributed by atoms with van der Waals surface area (Å²) in [6.07, 6.45) is 0. The van der Waals surface area contributed by atoms with Gasteiger partial charge in [0.1, 0.15) is 22.5 Å². The minimum absolute atomic E-state index is 0.0518. The lowest BCUT2D eigenvalue weighted by molar-refractivity contribution is -0.0459. The van der Waals surface area contributed by atoms with E-state index in [1.54, 1.807) is 18.2 Å². The number of methoxy groups -OCH3 is 2. The normalized spacial score (nSPS) is 13.3. The molecule has 41 heavy (non-hydrogen) atoms. The third-order valence-corrected chi connectivity index (χ3v) is 6.59. The first kappa shape index (κ1) is 26.2. The second-order valence-corrected chi connectivity index (χ2v) is 9.22. The Morgan fingerprint density at radius 3 is 2.05 bits per heavy atom. The van der Waals surface area contributed by atoms with Crippen molar-refractivity contribution in [2.75, 3.05) is 27.8 Å². The maximum atomic E-state index is 13.6. The number of phenolic OH excluding ortho intramolecular Hbond substituents is 1. The van der Waals surface area contributed by atoms with Gasteiger partial charge in [-0.2, -0.15) is 0 Å². The van der Waals surface area contributed by atoms with E-state index in [9.17, 15) is 9.90 Å². The Kier molecular flexibility index (Phi) is 6.96. The second-order valence-electron chi connectivity index (χ2n) is 9.22. The maximum Gasteiger partial charge on any atom is 0.305 e. The Balaban J connectivity index is 1.48. The van der Waals surface area contributed by atoms with Gasteiger partial charge in [-0.15, -0.1) is 0 Å². The van der Waals surface area contributed by atoms with Gasteiger partial charge in [-0.25, -0.2) is 0 Å². The van der Waals surface area contributed by atoms with Gasteiger partial charge >= 0.3 is 5.79 Å². The van der Waals surface area contributed by atoms with Crippen molar-refractivity contribution in [1.29, 1.82) is 0 Å². The number of aromatic hydroxyl groups is 1. The number of rotatable bonds is 9. The summed E-state index contributed by atoms with van der Waals surface area (Å²) in [7, 11) is 2.91. The molecule has 1 aromatic heterocycles. The van der Waals surface area contributed by atoms with E-state index < -0.39 is 11.2 Å². The molecule has 9 heteroatoms. The zero-order chi connectivity index (χ0) is 28.4. The molecular formula is C32H26O9. The van der Waals surface area contributed by atoms with Crippen LogP contribution in [0.15, 0.2) is 100 Å². The highest BCUT2D eigenvalue weighted by Crippen LogP contribution is 2.49. The average Bonchev–Trinajstić information content (AvgIpc) is 3.40. The van der Waals surface area contributed by atoms with Crippen LogP contribution in [0.3, 0.4) is 0 Å². The Morgan fingerprint density at radius 1 is 0.756 bits per heavy atom. The van der Waals surface area contributed by atoms with Crippen molar-refractivity contribution in [3.63, 3.8) is 0 Å². The van der Waals surface area contributed by atoms with Gasteiger partial charge in [0.15, 0.2) is 30.8 Å². The smallest absolute Gasteiger partial charge is 0.305 e. The van der Waals surface area contributed by atoms with Gasteiger partial charge in [-0.3, -0.25) is 4.79 Å². The second kappa shape index (κ2) is 10.9. The predicted octanol–water partition coefficient (Wildman–Crippen LogP) is 5.80. The molecular weight excluding hydrogens is 528 g/mol. The van der Waals surface area contributed by atoms with E-state index in [4.69, 9.17) is 32.8 Å². The van der Waals surface area contributed by atoms with Crippen LogP contribution in [0.5, 0.6) is 28.7 Å². The fourth-order valence-corrected chi connectivity index (χ4v) is 4.77. The molecule has 0 aliphatic carbocycles. The van der Waals surface area contributed by atoms with Gasteiger partial charge in [0.25, 0.3) is 0 Å². The van der Waals surface area contributed by atoms with E-state index in [0.29, 0.717) is 17.1 Å². The molecule has 1 aliphatic heterocycles. The molecule has 1 aliphatic rings. The summed E-state index contributed by atoms with van der Waals surface area (Å²) in [6, 6.07) is 27.3. The summed E-state index contributed by atoms with van der Waals surface area (Å²) < 4.78 is 40.4. The molecule has 2 heterocycles. The summed E-state index contributed by atoms with van der Waals surface area (Å²) in [5.41, 5.74) is 1.63. The van der Waals surface area contributed by atoms with Crippen LogP contribution in [0.4, 0.5) is 0 Å². The van der Waals surface area contributed by atoms with Crippen molar-refractivity contribution in [2.24, 2.45) is 0 Å². The average molecular weight is 555 g/mol. The Morgan fingerprint density at radius 2 is 1.39 bits per heavy atom. The SMILES string of the molecule is COCOc1cc(O)c2c(=O)c(OCOC)c(-c3ccc4c(c3)OC(c3ccccc3)(c3ccccc3)O4)oc2c1. The van der Waals surface area contributed by atoms with Crippen LogP contribution in [0, 0.1) is 0 Å². The highest BCUT2D eigenvalue weighted by atomic mass is 16.7. The van der Waals surface area contributed by atoms with E-state index in [1.807, 2.05) is 60.7 Å².